The molecule has 6 heteroatoms. The third-order valence-electron chi connectivity index (χ3n) is 3.91. The average Bonchev–Trinajstić information content (AvgIpc) is 2.83. The van der Waals surface area contributed by atoms with Crippen LogP contribution >= 0.6 is 11.6 Å². The molecule has 0 aliphatic carbocycles. The molecule has 5 nitrogen and oxygen atoms in total. The predicted molar refractivity (Wildman–Crippen MR) is 81.6 cm³/mol. The summed E-state index contributed by atoms with van der Waals surface area (Å²) in [5.74, 6) is 0. The van der Waals surface area contributed by atoms with E-state index in [2.05, 4.69) is 9.55 Å². The first kappa shape index (κ1) is 14.2. The minimum Gasteiger partial charge on any atom is -0.450 e. The minimum atomic E-state index is -0.225. The topological polar surface area (TPSA) is 47.4 Å². The van der Waals surface area contributed by atoms with Gasteiger partial charge in [-0.25, -0.2) is 9.78 Å². The van der Waals surface area contributed by atoms with E-state index in [4.69, 9.17) is 16.3 Å². The summed E-state index contributed by atoms with van der Waals surface area (Å²) < 4.78 is 7.13. The van der Waals surface area contributed by atoms with Crippen molar-refractivity contribution in [2.24, 2.45) is 0 Å². The highest BCUT2D eigenvalue weighted by Crippen LogP contribution is 2.30. The number of hydrogen-bond acceptors (Lipinski definition) is 3. The molecule has 0 radical (unpaired) electrons. The van der Waals surface area contributed by atoms with Crippen LogP contribution < -0.4 is 0 Å². The molecule has 0 spiro atoms. The third kappa shape index (κ3) is 2.70. The Morgan fingerprint density at radius 1 is 1.38 bits per heavy atom. The van der Waals surface area contributed by atoms with Crippen molar-refractivity contribution < 1.29 is 9.53 Å². The molecule has 1 fully saturated rings. The van der Waals surface area contributed by atoms with Gasteiger partial charge in [-0.1, -0.05) is 12.1 Å². The number of halogens is 1. The summed E-state index contributed by atoms with van der Waals surface area (Å²) in [6.45, 7) is 3.61. The molecular formula is C15H18ClN3O2. The highest BCUT2D eigenvalue weighted by Gasteiger charge is 2.26. The maximum atomic E-state index is 11.7. The Labute approximate surface area is 128 Å². The molecule has 2 aromatic rings. The lowest BCUT2D eigenvalue weighted by molar-refractivity contribution is 0.0930. The van der Waals surface area contributed by atoms with Gasteiger partial charge in [0.1, 0.15) is 0 Å². The lowest BCUT2D eigenvalue weighted by Gasteiger charge is -2.32. The third-order valence-corrected chi connectivity index (χ3v) is 4.18. The van der Waals surface area contributed by atoms with E-state index in [9.17, 15) is 4.79 Å². The van der Waals surface area contributed by atoms with Gasteiger partial charge in [0.15, 0.2) is 0 Å². The fraction of sp³-hybridized carbons (Fsp3) is 0.467. The molecule has 1 aliphatic heterocycles. The summed E-state index contributed by atoms with van der Waals surface area (Å²) in [5.41, 5.74) is 1.97. The predicted octanol–water partition coefficient (Wildman–Crippen LogP) is 3.48. The van der Waals surface area contributed by atoms with Crippen LogP contribution in [0.1, 0.15) is 25.8 Å². The highest BCUT2D eigenvalue weighted by atomic mass is 35.5. The maximum Gasteiger partial charge on any atom is 0.409 e. The van der Waals surface area contributed by atoms with E-state index in [1.807, 2.05) is 31.2 Å². The summed E-state index contributed by atoms with van der Waals surface area (Å²) in [7, 11) is 0. The molecule has 1 aliphatic rings. The molecule has 0 N–H and O–H groups in total. The van der Waals surface area contributed by atoms with E-state index in [1.165, 1.54) is 0 Å². The van der Waals surface area contributed by atoms with Crippen LogP contribution in [0.2, 0.25) is 5.28 Å². The number of para-hydroxylation sites is 2. The van der Waals surface area contributed by atoms with Crippen LogP contribution in [0, 0.1) is 0 Å². The van der Waals surface area contributed by atoms with Gasteiger partial charge in [0.2, 0.25) is 5.28 Å². The molecule has 2 heterocycles. The molecule has 1 saturated heterocycles. The van der Waals surface area contributed by atoms with Gasteiger partial charge in [-0.05, 0) is 43.5 Å². The van der Waals surface area contributed by atoms with Crippen LogP contribution in [0.25, 0.3) is 11.0 Å². The number of hydrogen-bond donors (Lipinski definition) is 0. The standard InChI is InChI=1S/C15H18ClN3O2/c1-2-21-15(20)18-9-7-11(8-10-18)19-13-6-4-3-5-12(13)17-14(19)16/h3-6,11H,2,7-10H2,1H3. The van der Waals surface area contributed by atoms with Gasteiger partial charge in [-0.2, -0.15) is 0 Å². The fourth-order valence-electron chi connectivity index (χ4n) is 2.88. The second kappa shape index (κ2) is 5.93. The first-order chi connectivity index (χ1) is 10.2. The molecule has 1 aromatic carbocycles. The summed E-state index contributed by atoms with van der Waals surface area (Å²) in [4.78, 5) is 17.9. The average molecular weight is 308 g/mol. The van der Waals surface area contributed by atoms with Gasteiger partial charge in [0, 0.05) is 19.1 Å². The molecule has 0 unspecified atom stereocenters. The van der Waals surface area contributed by atoms with E-state index in [1.54, 1.807) is 4.90 Å². The Hall–Kier alpha value is -1.75. The van der Waals surface area contributed by atoms with Crippen LogP contribution in [0.5, 0.6) is 0 Å². The summed E-state index contributed by atoms with van der Waals surface area (Å²) in [6.07, 6.45) is 1.50. The number of aromatic nitrogens is 2. The van der Waals surface area contributed by atoms with Gasteiger partial charge in [0.05, 0.1) is 17.6 Å². The van der Waals surface area contributed by atoms with Crippen LogP contribution in [-0.4, -0.2) is 40.2 Å². The number of ether oxygens (including phenoxy) is 1. The first-order valence-electron chi connectivity index (χ1n) is 7.25. The summed E-state index contributed by atoms with van der Waals surface area (Å²) in [5, 5.41) is 0.519. The van der Waals surface area contributed by atoms with Crippen LogP contribution in [-0.2, 0) is 4.74 Å². The van der Waals surface area contributed by atoms with Gasteiger partial charge in [-0.15, -0.1) is 0 Å². The molecule has 112 valence electrons. The number of piperidine rings is 1. The fourth-order valence-corrected chi connectivity index (χ4v) is 3.20. The van der Waals surface area contributed by atoms with Gasteiger partial charge < -0.3 is 14.2 Å². The van der Waals surface area contributed by atoms with Crippen molar-refractivity contribution in [1.82, 2.24) is 14.5 Å². The number of fused-ring (bicyclic) bond motifs is 1. The van der Waals surface area contributed by atoms with E-state index < -0.39 is 0 Å². The van der Waals surface area contributed by atoms with E-state index in [-0.39, 0.29) is 12.1 Å². The van der Waals surface area contributed by atoms with Gasteiger partial charge in [-0.3, -0.25) is 0 Å². The number of imidazole rings is 1. The maximum absolute atomic E-state index is 11.7. The molecule has 21 heavy (non-hydrogen) atoms. The molecule has 1 aromatic heterocycles. The van der Waals surface area contributed by atoms with Crippen molar-refractivity contribution in [3.8, 4) is 0 Å². The molecule has 1 amide bonds. The van der Waals surface area contributed by atoms with Gasteiger partial charge in [0.25, 0.3) is 0 Å². The van der Waals surface area contributed by atoms with Crippen molar-refractivity contribution in [1.29, 1.82) is 0 Å². The number of amides is 1. The normalized spacial score (nSPS) is 16.4. The van der Waals surface area contributed by atoms with Crippen molar-refractivity contribution in [3.63, 3.8) is 0 Å². The number of rotatable bonds is 2. The summed E-state index contributed by atoms with van der Waals surface area (Å²) in [6, 6.07) is 8.22. The molecule has 3 rings (SSSR count). The Balaban J connectivity index is 1.77. The lowest BCUT2D eigenvalue weighted by atomic mass is 10.1. The number of benzene rings is 1. The number of nitrogens with zero attached hydrogens (tertiary/aromatic N) is 3. The molecule has 0 bridgehead atoms. The number of carbonyl (C=O) groups excluding carboxylic acids is 1. The van der Waals surface area contributed by atoms with E-state index in [0.29, 0.717) is 25.0 Å². The Kier molecular flexibility index (Phi) is 4.01. The summed E-state index contributed by atoms with van der Waals surface area (Å²) >= 11 is 6.30. The smallest absolute Gasteiger partial charge is 0.409 e. The SMILES string of the molecule is CCOC(=O)N1CCC(n2c(Cl)nc3ccccc32)CC1. The zero-order valence-electron chi connectivity index (χ0n) is 12.0. The monoisotopic (exact) mass is 307 g/mol. The lowest BCUT2D eigenvalue weighted by Crippen LogP contribution is -2.39. The van der Waals surface area contributed by atoms with Crippen molar-refractivity contribution in [2.45, 2.75) is 25.8 Å². The number of carbonyl (C=O) groups is 1. The molecule has 0 saturated carbocycles. The van der Waals surface area contributed by atoms with Crippen molar-refractivity contribution in [3.05, 3.63) is 29.5 Å². The highest BCUT2D eigenvalue weighted by molar-refractivity contribution is 6.29. The quantitative estimate of drug-likeness (QED) is 0.853. The first-order valence-corrected chi connectivity index (χ1v) is 7.62. The van der Waals surface area contributed by atoms with E-state index in [0.717, 1.165) is 23.9 Å². The second-order valence-corrected chi connectivity index (χ2v) is 5.49. The Morgan fingerprint density at radius 2 is 2.10 bits per heavy atom. The Bertz CT molecular complexity index is 647. The minimum absolute atomic E-state index is 0.225. The van der Waals surface area contributed by atoms with E-state index >= 15 is 0 Å². The zero-order chi connectivity index (χ0) is 14.8. The van der Waals surface area contributed by atoms with Crippen LogP contribution in [0.15, 0.2) is 24.3 Å². The second-order valence-electron chi connectivity index (χ2n) is 5.16. The molecular weight excluding hydrogens is 290 g/mol. The van der Waals surface area contributed by atoms with Crippen LogP contribution in [0.4, 0.5) is 4.79 Å². The van der Waals surface area contributed by atoms with Crippen LogP contribution in [0.3, 0.4) is 0 Å². The van der Waals surface area contributed by atoms with Gasteiger partial charge >= 0.3 is 6.09 Å². The largest absolute Gasteiger partial charge is 0.450 e. The zero-order valence-corrected chi connectivity index (χ0v) is 12.7. The Morgan fingerprint density at radius 3 is 2.81 bits per heavy atom. The van der Waals surface area contributed by atoms with Crippen molar-refractivity contribution >= 4 is 28.7 Å². The number of likely N-dealkylation sites (tertiary alicyclic amines) is 1. The van der Waals surface area contributed by atoms with Crippen molar-refractivity contribution in [2.75, 3.05) is 19.7 Å². The molecule has 0 atom stereocenters.